The highest BCUT2D eigenvalue weighted by Crippen LogP contribution is 2.39. The summed E-state index contributed by atoms with van der Waals surface area (Å²) in [5.74, 6) is 0.403. The van der Waals surface area contributed by atoms with E-state index in [4.69, 9.17) is 0 Å². The van der Waals surface area contributed by atoms with E-state index in [-0.39, 0.29) is 10.6 Å². The van der Waals surface area contributed by atoms with E-state index in [0.29, 0.717) is 22.6 Å². The monoisotopic (exact) mass is 326 g/mol. The first-order chi connectivity index (χ1) is 11.2. The standard InChI is InChI=1S/C16H14N4O2S/c21-20(22)16-14(7-6-13-15(16)18-23-17-13)19-9-8-12(10-19)11-4-2-1-3-5-11/h1-7,12H,8-10H2/t12-/m0/s1. The van der Waals surface area contributed by atoms with Gasteiger partial charge in [0.2, 0.25) is 0 Å². The summed E-state index contributed by atoms with van der Waals surface area (Å²) in [7, 11) is 0. The second-order valence-electron chi connectivity index (χ2n) is 5.66. The molecule has 6 nitrogen and oxygen atoms in total. The highest BCUT2D eigenvalue weighted by Gasteiger charge is 2.30. The van der Waals surface area contributed by atoms with Crippen molar-refractivity contribution in [3.63, 3.8) is 0 Å². The van der Waals surface area contributed by atoms with E-state index in [9.17, 15) is 10.1 Å². The smallest absolute Gasteiger partial charge is 0.321 e. The summed E-state index contributed by atoms with van der Waals surface area (Å²) in [6.07, 6.45) is 0.995. The Morgan fingerprint density at radius 1 is 1.17 bits per heavy atom. The lowest BCUT2D eigenvalue weighted by atomic mass is 9.99. The molecule has 1 fully saturated rings. The molecule has 116 valence electrons. The lowest BCUT2D eigenvalue weighted by molar-refractivity contribution is -0.382. The molecular formula is C16H14N4O2S. The molecule has 1 aromatic heterocycles. The van der Waals surface area contributed by atoms with Crippen LogP contribution in [0.2, 0.25) is 0 Å². The molecule has 0 bridgehead atoms. The molecule has 1 saturated heterocycles. The van der Waals surface area contributed by atoms with Gasteiger partial charge in [0, 0.05) is 19.0 Å². The van der Waals surface area contributed by atoms with Crippen LogP contribution in [0.3, 0.4) is 0 Å². The zero-order valence-electron chi connectivity index (χ0n) is 12.3. The highest BCUT2D eigenvalue weighted by atomic mass is 32.1. The molecule has 7 heteroatoms. The van der Waals surface area contributed by atoms with Crippen molar-refractivity contribution in [1.82, 2.24) is 8.75 Å². The van der Waals surface area contributed by atoms with Crippen molar-refractivity contribution in [3.8, 4) is 0 Å². The number of fused-ring (bicyclic) bond motifs is 1. The summed E-state index contributed by atoms with van der Waals surface area (Å²) in [5.41, 5.74) is 2.98. The van der Waals surface area contributed by atoms with Gasteiger partial charge in [-0.2, -0.15) is 8.75 Å². The maximum Gasteiger partial charge on any atom is 0.321 e. The fraction of sp³-hybridized carbons (Fsp3) is 0.250. The molecular weight excluding hydrogens is 312 g/mol. The summed E-state index contributed by atoms with van der Waals surface area (Å²) in [6.45, 7) is 1.59. The second kappa shape index (κ2) is 5.58. The SMILES string of the molecule is O=[N+]([O-])c1c(N2CC[C@H](c3ccccc3)C2)ccc2nsnc12. The van der Waals surface area contributed by atoms with Crippen molar-refractivity contribution >= 4 is 34.1 Å². The zero-order valence-corrected chi connectivity index (χ0v) is 13.1. The van der Waals surface area contributed by atoms with Gasteiger partial charge in [-0.05, 0) is 24.1 Å². The van der Waals surface area contributed by atoms with Gasteiger partial charge >= 0.3 is 5.69 Å². The van der Waals surface area contributed by atoms with Gasteiger partial charge in [-0.1, -0.05) is 30.3 Å². The Hall–Kier alpha value is -2.54. The average molecular weight is 326 g/mol. The molecule has 1 aliphatic heterocycles. The largest absolute Gasteiger partial charge is 0.365 e. The predicted octanol–water partition coefficient (Wildman–Crippen LogP) is 3.59. The minimum atomic E-state index is -0.338. The number of benzene rings is 2. The fourth-order valence-electron chi connectivity index (χ4n) is 3.24. The molecule has 2 aromatic carbocycles. The third kappa shape index (κ3) is 2.43. The van der Waals surface area contributed by atoms with E-state index < -0.39 is 0 Å². The minimum Gasteiger partial charge on any atom is -0.365 e. The number of nitro groups is 1. The van der Waals surface area contributed by atoms with Crippen LogP contribution in [0.1, 0.15) is 17.9 Å². The fourth-order valence-corrected chi connectivity index (χ4v) is 3.78. The third-order valence-electron chi connectivity index (χ3n) is 4.36. The summed E-state index contributed by atoms with van der Waals surface area (Å²) < 4.78 is 8.21. The molecule has 2 heterocycles. The molecule has 0 unspecified atom stereocenters. The number of anilines is 1. The van der Waals surface area contributed by atoms with Gasteiger partial charge < -0.3 is 4.90 Å². The molecule has 0 aliphatic carbocycles. The summed E-state index contributed by atoms with van der Waals surface area (Å²) >= 11 is 1.01. The number of rotatable bonds is 3. The van der Waals surface area contributed by atoms with Gasteiger partial charge in [0.25, 0.3) is 0 Å². The molecule has 1 aliphatic rings. The summed E-state index contributed by atoms with van der Waals surface area (Å²) in [4.78, 5) is 13.3. The molecule has 3 aromatic rings. The van der Waals surface area contributed by atoms with Gasteiger partial charge in [0.1, 0.15) is 11.2 Å². The first-order valence-corrected chi connectivity index (χ1v) is 8.16. The van der Waals surface area contributed by atoms with Crippen molar-refractivity contribution < 1.29 is 4.92 Å². The molecule has 4 rings (SSSR count). The molecule has 0 spiro atoms. The number of aromatic nitrogens is 2. The van der Waals surface area contributed by atoms with Crippen LogP contribution in [-0.4, -0.2) is 26.8 Å². The maximum absolute atomic E-state index is 11.6. The van der Waals surface area contributed by atoms with Crippen molar-refractivity contribution in [3.05, 3.63) is 58.1 Å². The van der Waals surface area contributed by atoms with Gasteiger partial charge in [-0.15, -0.1) is 0 Å². The Kier molecular flexibility index (Phi) is 3.42. The highest BCUT2D eigenvalue weighted by molar-refractivity contribution is 7.00. The van der Waals surface area contributed by atoms with E-state index in [2.05, 4.69) is 25.8 Å². The molecule has 23 heavy (non-hydrogen) atoms. The van der Waals surface area contributed by atoms with Gasteiger partial charge in [0.15, 0.2) is 5.52 Å². The third-order valence-corrected chi connectivity index (χ3v) is 4.90. The van der Waals surface area contributed by atoms with Gasteiger partial charge in [-0.25, -0.2) is 0 Å². The molecule has 0 N–H and O–H groups in total. The Bertz CT molecular complexity index is 865. The van der Waals surface area contributed by atoms with Crippen LogP contribution >= 0.6 is 11.7 Å². The summed E-state index contributed by atoms with van der Waals surface area (Å²) in [6, 6.07) is 13.9. The Morgan fingerprint density at radius 3 is 2.78 bits per heavy atom. The van der Waals surface area contributed by atoms with E-state index in [1.54, 1.807) is 6.07 Å². The van der Waals surface area contributed by atoms with Crippen LogP contribution < -0.4 is 4.90 Å². The lowest BCUT2D eigenvalue weighted by Crippen LogP contribution is -2.20. The number of nitro benzene ring substituents is 1. The second-order valence-corrected chi connectivity index (χ2v) is 6.19. The lowest BCUT2D eigenvalue weighted by Gasteiger charge is -2.18. The number of hydrogen-bond acceptors (Lipinski definition) is 6. The Labute approximate surface area is 136 Å². The topological polar surface area (TPSA) is 72.2 Å². The van der Waals surface area contributed by atoms with Crippen LogP contribution in [-0.2, 0) is 0 Å². The van der Waals surface area contributed by atoms with E-state index in [1.165, 1.54) is 5.56 Å². The zero-order chi connectivity index (χ0) is 15.8. The Balaban J connectivity index is 1.70. The van der Waals surface area contributed by atoms with E-state index >= 15 is 0 Å². The van der Waals surface area contributed by atoms with Crippen molar-refractivity contribution in [1.29, 1.82) is 0 Å². The van der Waals surface area contributed by atoms with Crippen molar-refractivity contribution in [2.45, 2.75) is 12.3 Å². The predicted molar refractivity (Wildman–Crippen MR) is 90.1 cm³/mol. The van der Waals surface area contributed by atoms with Gasteiger partial charge in [0.05, 0.1) is 16.7 Å². The van der Waals surface area contributed by atoms with Crippen LogP contribution in [0.5, 0.6) is 0 Å². The normalized spacial score (nSPS) is 17.7. The minimum absolute atomic E-state index is 0.0740. The quantitative estimate of drug-likeness (QED) is 0.543. The number of hydrogen-bond donors (Lipinski definition) is 0. The van der Waals surface area contributed by atoms with E-state index in [0.717, 1.165) is 31.2 Å². The van der Waals surface area contributed by atoms with Crippen LogP contribution in [0.25, 0.3) is 11.0 Å². The molecule has 1 atom stereocenters. The van der Waals surface area contributed by atoms with Crippen molar-refractivity contribution in [2.24, 2.45) is 0 Å². The number of nitrogens with zero attached hydrogens (tertiary/aromatic N) is 4. The van der Waals surface area contributed by atoms with Crippen LogP contribution in [0, 0.1) is 10.1 Å². The first-order valence-electron chi connectivity index (χ1n) is 7.43. The Morgan fingerprint density at radius 2 is 2.00 bits per heavy atom. The van der Waals surface area contributed by atoms with E-state index in [1.807, 2.05) is 24.3 Å². The molecule has 0 amide bonds. The first kappa shape index (κ1) is 14.1. The molecule has 0 saturated carbocycles. The maximum atomic E-state index is 11.6. The molecule has 0 radical (unpaired) electrons. The van der Waals surface area contributed by atoms with Crippen molar-refractivity contribution in [2.75, 3.05) is 18.0 Å². The van der Waals surface area contributed by atoms with Crippen LogP contribution in [0.4, 0.5) is 11.4 Å². The summed E-state index contributed by atoms with van der Waals surface area (Å²) in [5, 5.41) is 11.6. The van der Waals surface area contributed by atoms with Crippen LogP contribution in [0.15, 0.2) is 42.5 Å². The van der Waals surface area contributed by atoms with Gasteiger partial charge in [-0.3, -0.25) is 10.1 Å². The average Bonchev–Trinajstić information content (AvgIpc) is 3.23.